The Bertz CT molecular complexity index is 575. The summed E-state index contributed by atoms with van der Waals surface area (Å²) >= 11 is 1.65. The van der Waals surface area contributed by atoms with Gasteiger partial charge in [-0.25, -0.2) is 4.98 Å². The summed E-state index contributed by atoms with van der Waals surface area (Å²) in [6.07, 6.45) is 5.43. The number of aromatic nitrogens is 2. The van der Waals surface area contributed by atoms with Crippen molar-refractivity contribution in [2.45, 2.75) is 25.3 Å². The van der Waals surface area contributed by atoms with Gasteiger partial charge in [0.05, 0.1) is 11.9 Å². The molecule has 2 aromatic rings. The number of benzene rings is 1. The molecule has 0 saturated carbocycles. The molecule has 1 aromatic carbocycles. The molecule has 0 saturated heterocycles. The van der Waals surface area contributed by atoms with Gasteiger partial charge in [0.1, 0.15) is 5.75 Å². The molecule has 0 spiro atoms. The lowest BCUT2D eigenvalue weighted by Crippen LogP contribution is -2.19. The third-order valence-corrected chi connectivity index (χ3v) is 3.58. The summed E-state index contributed by atoms with van der Waals surface area (Å²) in [5, 5.41) is 3.35. The van der Waals surface area contributed by atoms with Crippen LogP contribution >= 0.6 is 11.8 Å². The van der Waals surface area contributed by atoms with Crippen LogP contribution in [0.5, 0.6) is 11.6 Å². The number of thioether (sulfide) groups is 1. The molecule has 112 valence electrons. The van der Waals surface area contributed by atoms with Crippen molar-refractivity contribution in [2.24, 2.45) is 5.92 Å². The van der Waals surface area contributed by atoms with E-state index in [1.807, 2.05) is 30.5 Å². The minimum atomic E-state index is 0.528. The summed E-state index contributed by atoms with van der Waals surface area (Å²) in [5.74, 6) is 1.96. The van der Waals surface area contributed by atoms with E-state index in [-0.39, 0.29) is 0 Å². The second-order valence-corrected chi connectivity index (χ2v) is 5.97. The van der Waals surface area contributed by atoms with E-state index in [2.05, 4.69) is 29.1 Å². The molecule has 0 atom stereocenters. The van der Waals surface area contributed by atoms with Gasteiger partial charge in [-0.1, -0.05) is 26.0 Å². The Morgan fingerprint density at radius 1 is 1.24 bits per heavy atom. The van der Waals surface area contributed by atoms with Crippen molar-refractivity contribution >= 4 is 11.8 Å². The molecule has 0 aliphatic heterocycles. The predicted molar refractivity (Wildman–Crippen MR) is 86.9 cm³/mol. The van der Waals surface area contributed by atoms with Crippen molar-refractivity contribution in [3.63, 3.8) is 0 Å². The van der Waals surface area contributed by atoms with Crippen molar-refractivity contribution in [1.29, 1.82) is 0 Å². The van der Waals surface area contributed by atoms with Gasteiger partial charge in [0.15, 0.2) is 0 Å². The average molecular weight is 303 g/mol. The van der Waals surface area contributed by atoms with Crippen LogP contribution in [0.4, 0.5) is 0 Å². The Morgan fingerprint density at radius 3 is 2.81 bits per heavy atom. The zero-order chi connectivity index (χ0) is 15.1. The monoisotopic (exact) mass is 303 g/mol. The van der Waals surface area contributed by atoms with Crippen LogP contribution in [0, 0.1) is 5.92 Å². The number of nitrogens with zero attached hydrogens (tertiary/aromatic N) is 2. The van der Waals surface area contributed by atoms with Gasteiger partial charge in [-0.3, -0.25) is 4.98 Å². The van der Waals surface area contributed by atoms with E-state index < -0.39 is 0 Å². The molecule has 0 fully saturated rings. The maximum atomic E-state index is 5.85. The van der Waals surface area contributed by atoms with Gasteiger partial charge in [0.2, 0.25) is 5.88 Å². The number of hydrogen-bond donors (Lipinski definition) is 1. The first-order valence-electron chi connectivity index (χ1n) is 7.01. The van der Waals surface area contributed by atoms with Crippen LogP contribution < -0.4 is 10.1 Å². The summed E-state index contributed by atoms with van der Waals surface area (Å²) in [6.45, 7) is 6.02. The molecular weight excluding hydrogens is 282 g/mol. The first-order valence-corrected chi connectivity index (χ1v) is 8.24. The minimum Gasteiger partial charge on any atom is -0.436 e. The van der Waals surface area contributed by atoms with Crippen molar-refractivity contribution in [1.82, 2.24) is 15.3 Å². The molecule has 0 aliphatic rings. The van der Waals surface area contributed by atoms with E-state index in [4.69, 9.17) is 4.74 Å². The number of para-hydroxylation sites is 1. The number of hydrogen-bond acceptors (Lipinski definition) is 5. The topological polar surface area (TPSA) is 47.0 Å². The van der Waals surface area contributed by atoms with Crippen LogP contribution in [-0.4, -0.2) is 22.8 Å². The van der Waals surface area contributed by atoms with E-state index in [0.29, 0.717) is 18.3 Å². The predicted octanol–water partition coefficient (Wildman–Crippen LogP) is 3.74. The zero-order valence-electron chi connectivity index (χ0n) is 12.7. The van der Waals surface area contributed by atoms with Crippen molar-refractivity contribution in [2.75, 3.05) is 12.8 Å². The molecule has 1 N–H and O–H groups in total. The summed E-state index contributed by atoms with van der Waals surface area (Å²) in [6, 6.07) is 7.92. The van der Waals surface area contributed by atoms with Crippen molar-refractivity contribution in [3.05, 3.63) is 42.4 Å². The van der Waals surface area contributed by atoms with E-state index >= 15 is 0 Å². The van der Waals surface area contributed by atoms with E-state index in [9.17, 15) is 0 Å². The lowest BCUT2D eigenvalue weighted by atomic mass is 10.2. The van der Waals surface area contributed by atoms with Gasteiger partial charge in [-0.15, -0.1) is 11.8 Å². The molecular formula is C16H21N3OS. The maximum Gasteiger partial charge on any atom is 0.238 e. The molecule has 2 rings (SSSR count). The molecule has 0 radical (unpaired) electrons. The quantitative estimate of drug-likeness (QED) is 0.790. The standard InChI is InChI=1S/C16H21N3OS/c1-12(2)8-17-9-13-10-18-11-16(19-13)20-14-6-4-5-7-15(14)21-3/h4-7,10-12,17H,8-9H2,1-3H3. The lowest BCUT2D eigenvalue weighted by molar-refractivity contribution is 0.445. The van der Waals surface area contributed by atoms with Gasteiger partial charge in [-0.2, -0.15) is 0 Å². The van der Waals surface area contributed by atoms with Gasteiger partial charge >= 0.3 is 0 Å². The fourth-order valence-electron chi connectivity index (χ4n) is 1.83. The summed E-state index contributed by atoms with van der Waals surface area (Å²) in [7, 11) is 0. The minimum absolute atomic E-state index is 0.528. The molecule has 0 bridgehead atoms. The van der Waals surface area contributed by atoms with Crippen LogP contribution in [0.25, 0.3) is 0 Å². The Morgan fingerprint density at radius 2 is 2.05 bits per heavy atom. The van der Waals surface area contributed by atoms with Gasteiger partial charge < -0.3 is 10.1 Å². The highest BCUT2D eigenvalue weighted by molar-refractivity contribution is 7.98. The smallest absolute Gasteiger partial charge is 0.238 e. The Labute approximate surface area is 130 Å². The Balaban J connectivity index is 2.03. The highest BCUT2D eigenvalue weighted by atomic mass is 32.2. The Hall–Kier alpha value is -1.59. The van der Waals surface area contributed by atoms with Crippen LogP contribution in [0.3, 0.4) is 0 Å². The highest BCUT2D eigenvalue weighted by Crippen LogP contribution is 2.30. The third-order valence-electron chi connectivity index (χ3n) is 2.80. The van der Waals surface area contributed by atoms with Gasteiger partial charge in [0.25, 0.3) is 0 Å². The molecule has 1 heterocycles. The molecule has 4 nitrogen and oxygen atoms in total. The third kappa shape index (κ3) is 5.02. The van der Waals surface area contributed by atoms with Crippen LogP contribution in [0.1, 0.15) is 19.5 Å². The van der Waals surface area contributed by atoms with E-state index in [1.54, 1.807) is 24.2 Å². The molecule has 21 heavy (non-hydrogen) atoms. The van der Waals surface area contributed by atoms with Crippen LogP contribution in [0.2, 0.25) is 0 Å². The maximum absolute atomic E-state index is 5.85. The average Bonchev–Trinajstić information content (AvgIpc) is 2.48. The molecule has 0 amide bonds. The second kappa shape index (κ2) is 8.00. The second-order valence-electron chi connectivity index (χ2n) is 5.13. The summed E-state index contributed by atoms with van der Waals surface area (Å²) < 4.78 is 5.85. The fraction of sp³-hybridized carbons (Fsp3) is 0.375. The summed E-state index contributed by atoms with van der Waals surface area (Å²) in [5.41, 5.74) is 0.884. The van der Waals surface area contributed by atoms with Crippen LogP contribution in [0.15, 0.2) is 41.6 Å². The van der Waals surface area contributed by atoms with Gasteiger partial charge in [-0.05, 0) is 30.9 Å². The normalized spacial score (nSPS) is 10.9. The highest BCUT2D eigenvalue weighted by Gasteiger charge is 2.06. The lowest BCUT2D eigenvalue weighted by Gasteiger charge is -2.10. The van der Waals surface area contributed by atoms with Crippen molar-refractivity contribution in [3.8, 4) is 11.6 Å². The molecule has 0 unspecified atom stereocenters. The first kappa shape index (κ1) is 15.8. The molecule has 5 heteroatoms. The number of ether oxygens (including phenoxy) is 1. The van der Waals surface area contributed by atoms with Crippen molar-refractivity contribution < 1.29 is 4.74 Å². The number of nitrogens with one attached hydrogen (secondary N) is 1. The van der Waals surface area contributed by atoms with Crippen LogP contribution in [-0.2, 0) is 6.54 Å². The van der Waals surface area contributed by atoms with E-state index in [1.165, 1.54) is 0 Å². The summed E-state index contributed by atoms with van der Waals surface area (Å²) in [4.78, 5) is 9.77. The van der Waals surface area contributed by atoms with Gasteiger partial charge in [0, 0.05) is 17.6 Å². The molecule has 0 aliphatic carbocycles. The zero-order valence-corrected chi connectivity index (χ0v) is 13.5. The Kier molecular flexibility index (Phi) is 6.02. The fourth-order valence-corrected chi connectivity index (χ4v) is 2.35. The van der Waals surface area contributed by atoms with E-state index in [0.717, 1.165) is 22.9 Å². The molecule has 1 aromatic heterocycles. The first-order chi connectivity index (χ1) is 10.2. The number of rotatable bonds is 7. The SMILES string of the molecule is CSc1ccccc1Oc1cncc(CNCC(C)C)n1. The largest absolute Gasteiger partial charge is 0.436 e.